The fraction of sp³-hybridized carbons (Fsp3) is 0.500. The zero-order chi connectivity index (χ0) is 18.7. The first-order valence-corrected chi connectivity index (χ1v) is 9.69. The van der Waals surface area contributed by atoms with Crippen LogP contribution in [0.2, 0.25) is 0 Å². The molecule has 2 aromatic heterocycles. The highest BCUT2D eigenvalue weighted by Crippen LogP contribution is 2.37. The first-order chi connectivity index (χ1) is 12.6. The Morgan fingerprint density at radius 3 is 2.81 bits per heavy atom. The lowest BCUT2D eigenvalue weighted by molar-refractivity contribution is 0.0600. The first kappa shape index (κ1) is 21.4. The lowest BCUT2D eigenvalue weighted by Gasteiger charge is -2.26. The number of methoxy groups -OCH3 is 1. The number of esters is 1. The lowest BCUT2D eigenvalue weighted by atomic mass is 10.0. The summed E-state index contributed by atoms with van der Waals surface area (Å²) < 4.78 is 6.61. The molecular weight excluding hydrogens is 388 g/mol. The van der Waals surface area contributed by atoms with E-state index in [0.717, 1.165) is 42.9 Å². The van der Waals surface area contributed by atoms with E-state index >= 15 is 0 Å². The molecule has 0 aromatic carbocycles. The highest BCUT2D eigenvalue weighted by molar-refractivity contribution is 7.17. The Balaban J connectivity index is 0.00000261. The molecule has 0 radical (unpaired) electrons. The number of nitrogens with zero attached hydrogens (tertiary/aromatic N) is 3. The quantitative estimate of drug-likeness (QED) is 0.737. The van der Waals surface area contributed by atoms with E-state index in [9.17, 15) is 9.59 Å². The number of aryl methyl sites for hydroxylation is 1. The number of fused-ring (bicyclic) bond motifs is 1. The monoisotopic (exact) mass is 412 g/mol. The van der Waals surface area contributed by atoms with Gasteiger partial charge in [0.05, 0.1) is 12.7 Å². The summed E-state index contributed by atoms with van der Waals surface area (Å²) in [6, 6.07) is 1.67. The van der Waals surface area contributed by atoms with Crippen molar-refractivity contribution in [1.82, 2.24) is 14.7 Å². The van der Waals surface area contributed by atoms with Crippen molar-refractivity contribution in [2.75, 3.05) is 25.5 Å². The van der Waals surface area contributed by atoms with Crippen LogP contribution in [0.25, 0.3) is 0 Å². The molecule has 0 spiro atoms. The second-order valence-corrected chi connectivity index (χ2v) is 7.32. The van der Waals surface area contributed by atoms with E-state index in [-0.39, 0.29) is 18.3 Å². The fourth-order valence-electron chi connectivity index (χ4n) is 3.31. The summed E-state index contributed by atoms with van der Waals surface area (Å²) in [7, 11) is 1.37. The molecule has 0 saturated heterocycles. The van der Waals surface area contributed by atoms with Gasteiger partial charge in [0, 0.05) is 30.7 Å². The average Bonchev–Trinajstić information content (AvgIpc) is 3.25. The number of rotatable bonds is 6. The summed E-state index contributed by atoms with van der Waals surface area (Å²) in [6.45, 7) is 7.44. The summed E-state index contributed by atoms with van der Waals surface area (Å²) in [6.07, 6.45) is 3.48. The molecular formula is C18H25ClN4O3S. The van der Waals surface area contributed by atoms with Gasteiger partial charge < -0.3 is 10.1 Å². The summed E-state index contributed by atoms with van der Waals surface area (Å²) in [4.78, 5) is 28.5. The predicted molar refractivity (Wildman–Crippen MR) is 108 cm³/mol. The van der Waals surface area contributed by atoms with Gasteiger partial charge >= 0.3 is 5.97 Å². The number of anilines is 1. The largest absolute Gasteiger partial charge is 0.465 e. The van der Waals surface area contributed by atoms with E-state index in [4.69, 9.17) is 4.74 Å². The highest BCUT2D eigenvalue weighted by atomic mass is 35.5. The van der Waals surface area contributed by atoms with E-state index in [0.29, 0.717) is 22.8 Å². The number of hydrogen-bond donors (Lipinski definition) is 1. The van der Waals surface area contributed by atoms with Crippen molar-refractivity contribution in [3.8, 4) is 0 Å². The van der Waals surface area contributed by atoms with Crippen LogP contribution in [0.5, 0.6) is 0 Å². The maximum absolute atomic E-state index is 12.7. The molecule has 1 N–H and O–H groups in total. The molecule has 9 heteroatoms. The van der Waals surface area contributed by atoms with E-state index in [1.165, 1.54) is 18.4 Å². The van der Waals surface area contributed by atoms with Gasteiger partial charge in [-0.15, -0.1) is 23.7 Å². The zero-order valence-corrected chi connectivity index (χ0v) is 17.4. The summed E-state index contributed by atoms with van der Waals surface area (Å²) in [5.74, 6) is -0.663. The first-order valence-electron chi connectivity index (χ1n) is 8.87. The molecule has 0 aliphatic carbocycles. The number of carbonyl (C=O) groups is 2. The highest BCUT2D eigenvalue weighted by Gasteiger charge is 2.29. The minimum atomic E-state index is -0.397. The molecule has 148 valence electrons. The van der Waals surface area contributed by atoms with Gasteiger partial charge in [0.1, 0.15) is 10.7 Å². The molecule has 0 fully saturated rings. The number of carbonyl (C=O) groups excluding carboxylic acids is 2. The number of nitrogens with one attached hydrogen (secondary N) is 1. The van der Waals surface area contributed by atoms with Crippen molar-refractivity contribution in [2.45, 2.75) is 39.8 Å². The van der Waals surface area contributed by atoms with Gasteiger partial charge in [0.15, 0.2) is 0 Å². The number of ether oxygens (including phenoxy) is 1. The second-order valence-electron chi connectivity index (χ2n) is 6.21. The average molecular weight is 413 g/mol. The molecule has 1 amide bonds. The van der Waals surface area contributed by atoms with E-state index in [2.05, 4.69) is 22.2 Å². The van der Waals surface area contributed by atoms with Crippen molar-refractivity contribution in [2.24, 2.45) is 0 Å². The normalized spacial score (nSPS) is 13.6. The molecule has 0 unspecified atom stereocenters. The van der Waals surface area contributed by atoms with Gasteiger partial charge in [-0.05, 0) is 37.9 Å². The minimum absolute atomic E-state index is 0. The van der Waals surface area contributed by atoms with Gasteiger partial charge in [-0.1, -0.05) is 6.92 Å². The molecule has 1 aliphatic rings. The van der Waals surface area contributed by atoms with Crippen LogP contribution >= 0.6 is 23.7 Å². The minimum Gasteiger partial charge on any atom is -0.465 e. The summed E-state index contributed by atoms with van der Waals surface area (Å²) >= 11 is 1.47. The molecule has 0 atom stereocenters. The van der Waals surface area contributed by atoms with Crippen LogP contribution in [-0.4, -0.2) is 46.8 Å². The van der Waals surface area contributed by atoms with Crippen LogP contribution < -0.4 is 5.32 Å². The number of amides is 1. The van der Waals surface area contributed by atoms with Gasteiger partial charge in [0.2, 0.25) is 0 Å². The Morgan fingerprint density at radius 2 is 2.15 bits per heavy atom. The Hall–Kier alpha value is -1.90. The van der Waals surface area contributed by atoms with Crippen LogP contribution in [0.15, 0.2) is 12.3 Å². The SMILES string of the molecule is CCCN1CCc2c(sc(NC(=O)c3ccnn3CC)c2C(=O)OC)C1.Cl. The van der Waals surface area contributed by atoms with Gasteiger partial charge in [-0.25, -0.2) is 4.79 Å². The topological polar surface area (TPSA) is 76.5 Å². The molecule has 2 aromatic rings. The van der Waals surface area contributed by atoms with Crippen molar-refractivity contribution >= 4 is 40.6 Å². The van der Waals surface area contributed by atoms with Crippen LogP contribution in [0.3, 0.4) is 0 Å². The van der Waals surface area contributed by atoms with Crippen LogP contribution in [-0.2, 0) is 24.2 Å². The zero-order valence-electron chi connectivity index (χ0n) is 15.8. The second kappa shape index (κ2) is 9.34. The Morgan fingerprint density at radius 1 is 1.37 bits per heavy atom. The molecule has 1 aliphatic heterocycles. The van der Waals surface area contributed by atoms with E-state index in [1.807, 2.05) is 6.92 Å². The van der Waals surface area contributed by atoms with Crippen molar-refractivity contribution < 1.29 is 14.3 Å². The van der Waals surface area contributed by atoms with Crippen molar-refractivity contribution in [1.29, 1.82) is 0 Å². The van der Waals surface area contributed by atoms with Crippen molar-refractivity contribution in [3.05, 3.63) is 34.0 Å². The van der Waals surface area contributed by atoms with E-state index < -0.39 is 5.97 Å². The summed E-state index contributed by atoms with van der Waals surface area (Å²) in [5.41, 5.74) is 1.98. The Labute approximate surface area is 169 Å². The third kappa shape index (κ3) is 4.34. The molecule has 7 nitrogen and oxygen atoms in total. The number of hydrogen-bond acceptors (Lipinski definition) is 6. The smallest absolute Gasteiger partial charge is 0.341 e. The third-order valence-corrected chi connectivity index (χ3v) is 5.67. The lowest BCUT2D eigenvalue weighted by Crippen LogP contribution is -2.30. The molecule has 27 heavy (non-hydrogen) atoms. The predicted octanol–water partition coefficient (Wildman–Crippen LogP) is 3.19. The standard InChI is InChI=1S/C18H24N4O3S.ClH/c1-4-9-21-10-7-12-14(11-21)26-17(15(12)18(24)25-3)20-16(23)13-6-8-19-22(13)5-2;/h6,8H,4-5,7,9-11H2,1-3H3,(H,20,23);1H. The number of aromatic nitrogens is 2. The fourth-order valence-corrected chi connectivity index (χ4v) is 4.59. The maximum Gasteiger partial charge on any atom is 0.341 e. The molecule has 3 rings (SSSR count). The molecule has 3 heterocycles. The van der Waals surface area contributed by atoms with E-state index in [1.54, 1.807) is 16.9 Å². The van der Waals surface area contributed by atoms with Gasteiger partial charge in [0.25, 0.3) is 5.91 Å². The summed E-state index contributed by atoms with van der Waals surface area (Å²) in [5, 5.41) is 7.60. The maximum atomic E-state index is 12.7. The number of halogens is 1. The number of thiophene rings is 1. The molecule has 0 bridgehead atoms. The third-order valence-electron chi connectivity index (χ3n) is 4.54. The van der Waals surface area contributed by atoms with Crippen molar-refractivity contribution in [3.63, 3.8) is 0 Å². The van der Waals surface area contributed by atoms with Crippen LogP contribution in [0.4, 0.5) is 5.00 Å². The van der Waals surface area contributed by atoms with Gasteiger partial charge in [-0.3, -0.25) is 14.4 Å². The van der Waals surface area contributed by atoms with Crippen LogP contribution in [0.1, 0.15) is 51.6 Å². The van der Waals surface area contributed by atoms with Crippen LogP contribution in [0, 0.1) is 0 Å². The Kier molecular flexibility index (Phi) is 7.41. The molecule has 0 saturated carbocycles. The van der Waals surface area contributed by atoms with Gasteiger partial charge in [-0.2, -0.15) is 5.10 Å². The Bertz CT molecular complexity index is 818.